The molecule has 1 unspecified atom stereocenters. The van der Waals surface area contributed by atoms with Gasteiger partial charge in [0, 0.05) is 13.0 Å². The van der Waals surface area contributed by atoms with Gasteiger partial charge in [0.2, 0.25) is 0 Å². The fourth-order valence-corrected chi connectivity index (χ4v) is 2.21. The summed E-state index contributed by atoms with van der Waals surface area (Å²) >= 11 is 0. The van der Waals surface area contributed by atoms with Gasteiger partial charge in [-0.3, -0.25) is 0 Å². The Morgan fingerprint density at radius 3 is 2.23 bits per heavy atom. The molecule has 0 radical (unpaired) electrons. The van der Waals surface area contributed by atoms with Gasteiger partial charge in [-0.1, -0.05) is 30.3 Å². The lowest BCUT2D eigenvalue weighted by molar-refractivity contribution is 0.288. The molecule has 2 rings (SSSR count). The van der Waals surface area contributed by atoms with Crippen LogP contribution in [0.1, 0.15) is 29.3 Å². The first kappa shape index (κ1) is 16.5. The van der Waals surface area contributed by atoms with E-state index in [4.69, 9.17) is 5.11 Å². The van der Waals surface area contributed by atoms with E-state index < -0.39 is 23.6 Å². The van der Waals surface area contributed by atoms with Crippen molar-refractivity contribution >= 4 is 0 Å². The predicted octanol–water partition coefficient (Wildman–Crippen LogP) is 4.28. The molecule has 0 aliphatic carbocycles. The fraction of sp³-hybridized carbons (Fsp3) is 0.294. The Hall–Kier alpha value is -1.88. The summed E-state index contributed by atoms with van der Waals surface area (Å²) in [6.45, 7) is 0.0862. The maximum absolute atomic E-state index is 14.2. The topological polar surface area (TPSA) is 20.2 Å². The van der Waals surface area contributed by atoms with Crippen molar-refractivity contribution in [3.63, 3.8) is 0 Å². The van der Waals surface area contributed by atoms with Gasteiger partial charge in [0.1, 0.15) is 6.17 Å². The Balaban J connectivity index is 2.09. The molecule has 0 heterocycles. The molecule has 0 amide bonds. The first-order valence-electron chi connectivity index (χ1n) is 6.99. The number of aliphatic hydroxyl groups excluding tert-OH is 1. The Morgan fingerprint density at radius 1 is 0.909 bits per heavy atom. The highest BCUT2D eigenvalue weighted by molar-refractivity contribution is 5.27. The number of benzene rings is 2. The molecule has 0 fully saturated rings. The molecule has 0 saturated heterocycles. The van der Waals surface area contributed by atoms with Gasteiger partial charge in [-0.15, -0.1) is 0 Å². The monoisotopic (exact) mass is 312 g/mol. The van der Waals surface area contributed by atoms with Crippen molar-refractivity contribution in [2.45, 2.75) is 25.4 Å². The van der Waals surface area contributed by atoms with Crippen LogP contribution in [0.4, 0.5) is 17.6 Å². The van der Waals surface area contributed by atoms with Crippen molar-refractivity contribution in [1.82, 2.24) is 0 Å². The van der Waals surface area contributed by atoms with E-state index in [1.54, 1.807) is 24.3 Å². The molecule has 22 heavy (non-hydrogen) atoms. The first-order valence-corrected chi connectivity index (χ1v) is 6.99. The van der Waals surface area contributed by atoms with Gasteiger partial charge in [0.05, 0.1) is 0 Å². The van der Waals surface area contributed by atoms with Crippen LogP contribution in [0.3, 0.4) is 0 Å². The Labute approximate surface area is 126 Å². The van der Waals surface area contributed by atoms with Crippen LogP contribution < -0.4 is 0 Å². The third-order valence-corrected chi connectivity index (χ3v) is 3.48. The lowest BCUT2D eigenvalue weighted by Crippen LogP contribution is -2.03. The third kappa shape index (κ3) is 3.85. The standard InChI is InChI=1S/C17H16F4O/c18-14-8-7-13(16(20)17(14)21)10-15(19)12-5-3-11(4-6-12)2-1-9-22/h3-8,15,22H,1-2,9-10H2. The van der Waals surface area contributed by atoms with Gasteiger partial charge in [0.15, 0.2) is 17.5 Å². The van der Waals surface area contributed by atoms with Crippen LogP contribution in [0.5, 0.6) is 0 Å². The third-order valence-electron chi connectivity index (χ3n) is 3.48. The van der Waals surface area contributed by atoms with Crippen molar-refractivity contribution in [3.8, 4) is 0 Å². The van der Waals surface area contributed by atoms with Crippen LogP contribution in [0.15, 0.2) is 36.4 Å². The van der Waals surface area contributed by atoms with Crippen LogP contribution in [-0.2, 0) is 12.8 Å². The van der Waals surface area contributed by atoms with Gasteiger partial charge in [-0.25, -0.2) is 17.6 Å². The summed E-state index contributed by atoms with van der Waals surface area (Å²) < 4.78 is 53.7. The molecule has 1 nitrogen and oxygen atoms in total. The van der Waals surface area contributed by atoms with E-state index in [1.165, 1.54) is 0 Å². The number of hydrogen-bond acceptors (Lipinski definition) is 1. The second kappa shape index (κ2) is 7.40. The van der Waals surface area contributed by atoms with E-state index in [0.717, 1.165) is 17.7 Å². The van der Waals surface area contributed by atoms with E-state index in [9.17, 15) is 17.6 Å². The summed E-state index contributed by atoms with van der Waals surface area (Å²) in [7, 11) is 0. The fourth-order valence-electron chi connectivity index (χ4n) is 2.21. The summed E-state index contributed by atoms with van der Waals surface area (Å²) in [5.74, 6) is -4.21. The van der Waals surface area contributed by atoms with Gasteiger partial charge >= 0.3 is 0 Å². The molecule has 5 heteroatoms. The number of aryl methyl sites for hydroxylation is 1. The molecule has 0 spiro atoms. The van der Waals surface area contributed by atoms with Gasteiger partial charge in [-0.2, -0.15) is 0 Å². The second-order valence-corrected chi connectivity index (χ2v) is 5.07. The highest BCUT2D eigenvalue weighted by atomic mass is 19.2. The smallest absolute Gasteiger partial charge is 0.194 e. The molecule has 0 aliphatic heterocycles. The normalized spacial score (nSPS) is 12.4. The molecule has 2 aromatic carbocycles. The van der Waals surface area contributed by atoms with E-state index in [-0.39, 0.29) is 18.6 Å². The highest BCUT2D eigenvalue weighted by Gasteiger charge is 2.18. The quantitative estimate of drug-likeness (QED) is 0.623. The molecule has 2 aromatic rings. The van der Waals surface area contributed by atoms with Crippen LogP contribution in [0.25, 0.3) is 0 Å². The molecule has 1 N–H and O–H groups in total. The molecular weight excluding hydrogens is 296 g/mol. The van der Waals surface area contributed by atoms with E-state index in [0.29, 0.717) is 18.4 Å². The zero-order chi connectivity index (χ0) is 16.1. The second-order valence-electron chi connectivity index (χ2n) is 5.07. The number of alkyl halides is 1. The summed E-state index contributed by atoms with van der Waals surface area (Å²) in [6, 6.07) is 8.47. The van der Waals surface area contributed by atoms with Crippen LogP contribution in [0, 0.1) is 17.5 Å². The largest absolute Gasteiger partial charge is 0.396 e. The Bertz CT molecular complexity index is 625. The summed E-state index contributed by atoms with van der Waals surface area (Å²) in [5.41, 5.74) is 1.11. The van der Waals surface area contributed by atoms with E-state index >= 15 is 0 Å². The minimum atomic E-state index is -1.58. The SMILES string of the molecule is OCCCc1ccc(C(F)Cc2ccc(F)c(F)c2F)cc1. The average molecular weight is 312 g/mol. The molecule has 0 aromatic heterocycles. The zero-order valence-electron chi connectivity index (χ0n) is 11.8. The van der Waals surface area contributed by atoms with Crippen molar-refractivity contribution in [2.75, 3.05) is 6.61 Å². The Kier molecular flexibility index (Phi) is 5.55. The number of halogens is 4. The molecule has 0 bridgehead atoms. The number of hydrogen-bond donors (Lipinski definition) is 1. The molecule has 1 atom stereocenters. The maximum atomic E-state index is 14.2. The number of rotatable bonds is 6. The summed E-state index contributed by atoms with van der Waals surface area (Å²) in [4.78, 5) is 0. The lowest BCUT2D eigenvalue weighted by atomic mass is 10.00. The zero-order valence-corrected chi connectivity index (χ0v) is 11.8. The lowest BCUT2D eigenvalue weighted by Gasteiger charge is -2.11. The first-order chi connectivity index (χ1) is 10.5. The van der Waals surface area contributed by atoms with Gasteiger partial charge < -0.3 is 5.11 Å². The predicted molar refractivity (Wildman–Crippen MR) is 75.7 cm³/mol. The van der Waals surface area contributed by atoms with Crippen LogP contribution in [-0.4, -0.2) is 11.7 Å². The minimum Gasteiger partial charge on any atom is -0.396 e. The molecule has 0 aliphatic rings. The molecule has 0 saturated carbocycles. The van der Waals surface area contributed by atoms with Crippen molar-refractivity contribution in [3.05, 3.63) is 70.5 Å². The van der Waals surface area contributed by atoms with E-state index in [2.05, 4.69) is 0 Å². The average Bonchev–Trinajstić information content (AvgIpc) is 2.54. The van der Waals surface area contributed by atoms with Crippen LogP contribution in [0.2, 0.25) is 0 Å². The maximum Gasteiger partial charge on any atom is 0.194 e. The van der Waals surface area contributed by atoms with Crippen molar-refractivity contribution in [2.24, 2.45) is 0 Å². The highest BCUT2D eigenvalue weighted by Crippen LogP contribution is 2.25. The van der Waals surface area contributed by atoms with E-state index in [1.807, 2.05) is 0 Å². The van der Waals surface area contributed by atoms with Gasteiger partial charge in [0.25, 0.3) is 0 Å². The molecular formula is C17H16F4O. The van der Waals surface area contributed by atoms with Crippen LogP contribution >= 0.6 is 0 Å². The van der Waals surface area contributed by atoms with Crippen molar-refractivity contribution < 1.29 is 22.7 Å². The van der Waals surface area contributed by atoms with Crippen molar-refractivity contribution in [1.29, 1.82) is 0 Å². The number of aliphatic hydroxyl groups is 1. The Morgan fingerprint density at radius 2 is 1.59 bits per heavy atom. The summed E-state index contributed by atoms with van der Waals surface area (Å²) in [6.07, 6.45) is -0.561. The van der Waals surface area contributed by atoms with Gasteiger partial charge in [-0.05, 0) is 35.6 Å². The minimum absolute atomic E-state index is 0.0862. The molecule has 118 valence electrons. The summed E-state index contributed by atoms with van der Waals surface area (Å²) in [5, 5.41) is 8.75.